The van der Waals surface area contributed by atoms with Gasteiger partial charge in [-0.25, -0.2) is 8.42 Å². The molecule has 1 aromatic heterocycles. The number of halogens is 2. The molecule has 1 atom stereocenters. The summed E-state index contributed by atoms with van der Waals surface area (Å²) >= 11 is 8.12. The highest BCUT2D eigenvalue weighted by Gasteiger charge is 2.30. The van der Waals surface area contributed by atoms with E-state index >= 15 is 0 Å². The van der Waals surface area contributed by atoms with Crippen LogP contribution in [0, 0.1) is 5.92 Å². The van der Waals surface area contributed by atoms with Crippen molar-refractivity contribution in [2.24, 2.45) is 5.92 Å². The maximum absolute atomic E-state index is 12.9. The molecule has 1 N–H and O–H groups in total. The van der Waals surface area contributed by atoms with Gasteiger partial charge in [0, 0.05) is 13.1 Å². The minimum Gasteiger partial charge on any atom is -0.316 e. The Labute approximate surface area is 147 Å². The molecule has 0 aliphatic carbocycles. The molecular weight excluding hydrogens is 440 g/mol. The van der Waals surface area contributed by atoms with Crippen molar-refractivity contribution < 1.29 is 8.42 Å². The summed E-state index contributed by atoms with van der Waals surface area (Å²) in [6, 6.07) is 1.69. The van der Waals surface area contributed by atoms with Crippen LogP contribution in [0.15, 0.2) is 18.5 Å². The molecular formula is C13H20Br2N2O2S2. The Morgan fingerprint density at radius 2 is 2.24 bits per heavy atom. The average molecular weight is 460 g/mol. The minimum atomic E-state index is -3.43. The Morgan fingerprint density at radius 1 is 1.48 bits per heavy atom. The summed E-state index contributed by atoms with van der Waals surface area (Å²) in [4.78, 5) is 0.372. The molecule has 1 aliphatic rings. The van der Waals surface area contributed by atoms with Crippen LogP contribution in [0.25, 0.3) is 0 Å². The van der Waals surface area contributed by atoms with Crippen molar-refractivity contribution in [3.63, 3.8) is 0 Å². The lowest BCUT2D eigenvalue weighted by molar-refractivity contribution is 0.291. The Hall–Kier alpha value is 0.530. The largest absolute Gasteiger partial charge is 0.316 e. The molecule has 0 saturated carbocycles. The van der Waals surface area contributed by atoms with E-state index in [0.29, 0.717) is 27.7 Å². The number of hydrogen-bond donors (Lipinski definition) is 1. The van der Waals surface area contributed by atoms with Gasteiger partial charge in [0.1, 0.15) is 4.90 Å². The third kappa shape index (κ3) is 4.51. The van der Waals surface area contributed by atoms with E-state index in [1.807, 2.05) is 6.92 Å². The fourth-order valence-corrected chi connectivity index (χ4v) is 7.94. The van der Waals surface area contributed by atoms with E-state index in [4.69, 9.17) is 0 Å². The normalized spacial score (nSPS) is 20.1. The molecule has 21 heavy (non-hydrogen) atoms. The van der Waals surface area contributed by atoms with Crippen LogP contribution in [-0.2, 0) is 10.0 Å². The topological polar surface area (TPSA) is 49.4 Å². The minimum absolute atomic E-state index is 0.372. The number of nitrogens with zero attached hydrogens (tertiary/aromatic N) is 1. The number of piperidine rings is 1. The monoisotopic (exact) mass is 458 g/mol. The molecule has 1 aliphatic heterocycles. The summed E-state index contributed by atoms with van der Waals surface area (Å²) in [7, 11) is -3.43. The van der Waals surface area contributed by atoms with Crippen LogP contribution >= 0.6 is 43.2 Å². The molecule has 8 heteroatoms. The summed E-state index contributed by atoms with van der Waals surface area (Å²) < 4.78 is 28.9. The summed E-state index contributed by atoms with van der Waals surface area (Å²) in [5.41, 5.74) is 0. The lowest BCUT2D eigenvalue weighted by Gasteiger charge is -2.29. The zero-order chi connectivity index (χ0) is 15.5. The number of sulfonamides is 1. The van der Waals surface area contributed by atoms with Gasteiger partial charge in [0.25, 0.3) is 0 Å². The van der Waals surface area contributed by atoms with Crippen molar-refractivity contribution in [2.75, 3.05) is 26.2 Å². The molecule has 0 amide bonds. The summed E-state index contributed by atoms with van der Waals surface area (Å²) in [6.07, 6.45) is 3.04. The van der Waals surface area contributed by atoms with Gasteiger partial charge in [-0.2, -0.15) is 4.31 Å². The SMILES string of the molecule is CCCN(CC1CCCNC1)S(=O)(=O)c1cc(Br)sc1Br. The summed E-state index contributed by atoms with van der Waals surface area (Å²) in [5.74, 6) is 0.404. The van der Waals surface area contributed by atoms with E-state index in [1.54, 1.807) is 10.4 Å². The molecule has 0 radical (unpaired) electrons. The third-order valence-electron chi connectivity index (χ3n) is 3.58. The average Bonchev–Trinajstić information content (AvgIpc) is 2.79. The molecule has 2 heterocycles. The zero-order valence-electron chi connectivity index (χ0n) is 11.9. The van der Waals surface area contributed by atoms with Crippen molar-refractivity contribution in [3.8, 4) is 0 Å². The second-order valence-electron chi connectivity index (χ2n) is 5.26. The molecule has 1 saturated heterocycles. The molecule has 1 fully saturated rings. The molecule has 2 rings (SSSR count). The molecule has 0 bridgehead atoms. The Morgan fingerprint density at radius 3 is 2.76 bits per heavy atom. The Kier molecular flexibility index (Phi) is 6.71. The zero-order valence-corrected chi connectivity index (χ0v) is 16.7. The van der Waals surface area contributed by atoms with Gasteiger partial charge in [-0.1, -0.05) is 6.92 Å². The maximum Gasteiger partial charge on any atom is 0.245 e. The first kappa shape index (κ1) is 17.9. The van der Waals surface area contributed by atoms with E-state index < -0.39 is 10.0 Å². The maximum atomic E-state index is 12.9. The fourth-order valence-electron chi connectivity index (χ4n) is 2.57. The van der Waals surface area contributed by atoms with Crippen LogP contribution in [0.2, 0.25) is 0 Å². The van der Waals surface area contributed by atoms with E-state index in [-0.39, 0.29) is 0 Å². The first-order chi connectivity index (χ1) is 9.95. The van der Waals surface area contributed by atoms with Crippen molar-refractivity contribution in [3.05, 3.63) is 13.6 Å². The fraction of sp³-hybridized carbons (Fsp3) is 0.692. The predicted octanol–water partition coefficient (Wildman–Crippen LogP) is 3.67. The predicted molar refractivity (Wildman–Crippen MR) is 94.4 cm³/mol. The standard InChI is InChI=1S/C13H20Br2N2O2S2/c1-2-6-17(9-10-4-3-5-16-8-10)21(18,19)11-7-12(14)20-13(11)15/h7,10,16H,2-6,8-9H2,1H3. The van der Waals surface area contributed by atoms with Crippen molar-refractivity contribution in [2.45, 2.75) is 31.1 Å². The van der Waals surface area contributed by atoms with Gasteiger partial charge >= 0.3 is 0 Å². The van der Waals surface area contributed by atoms with Crippen LogP contribution < -0.4 is 5.32 Å². The second-order valence-corrected chi connectivity index (χ2v) is 10.9. The van der Waals surface area contributed by atoms with E-state index in [2.05, 4.69) is 37.2 Å². The van der Waals surface area contributed by atoms with E-state index in [9.17, 15) is 8.42 Å². The van der Waals surface area contributed by atoms with Gasteiger partial charge in [-0.3, -0.25) is 0 Å². The second kappa shape index (κ2) is 7.88. The highest BCUT2D eigenvalue weighted by molar-refractivity contribution is 9.12. The first-order valence-corrected chi connectivity index (χ1v) is 10.9. The lowest BCUT2D eigenvalue weighted by Crippen LogP contribution is -2.41. The third-order valence-corrected chi connectivity index (χ3v) is 8.20. The Balaban J connectivity index is 2.21. The van der Waals surface area contributed by atoms with Crippen LogP contribution in [0.4, 0.5) is 0 Å². The van der Waals surface area contributed by atoms with Gasteiger partial charge in [-0.05, 0) is 76.2 Å². The lowest BCUT2D eigenvalue weighted by atomic mass is 10.00. The molecule has 1 unspecified atom stereocenters. The van der Waals surface area contributed by atoms with Gasteiger partial charge in [0.05, 0.1) is 7.57 Å². The first-order valence-electron chi connectivity index (χ1n) is 7.11. The Bertz CT molecular complexity index is 569. The molecule has 0 aromatic carbocycles. The number of rotatable bonds is 6. The smallest absolute Gasteiger partial charge is 0.245 e. The van der Waals surface area contributed by atoms with E-state index in [0.717, 1.165) is 36.1 Å². The van der Waals surface area contributed by atoms with E-state index in [1.165, 1.54) is 11.3 Å². The number of hydrogen-bond acceptors (Lipinski definition) is 4. The van der Waals surface area contributed by atoms with Crippen molar-refractivity contribution in [1.82, 2.24) is 9.62 Å². The highest BCUT2D eigenvalue weighted by Crippen LogP contribution is 2.36. The summed E-state index contributed by atoms with van der Waals surface area (Å²) in [6.45, 7) is 5.13. The molecule has 4 nitrogen and oxygen atoms in total. The molecule has 0 spiro atoms. The van der Waals surface area contributed by atoms with Crippen LogP contribution in [0.5, 0.6) is 0 Å². The quantitative estimate of drug-likeness (QED) is 0.705. The highest BCUT2D eigenvalue weighted by atomic mass is 79.9. The van der Waals surface area contributed by atoms with Crippen LogP contribution in [0.3, 0.4) is 0 Å². The van der Waals surface area contributed by atoms with Crippen molar-refractivity contribution >= 4 is 53.2 Å². The van der Waals surface area contributed by atoms with Crippen LogP contribution in [0.1, 0.15) is 26.2 Å². The molecule has 1 aromatic rings. The van der Waals surface area contributed by atoms with Gasteiger partial charge < -0.3 is 5.32 Å². The number of thiophene rings is 1. The summed E-state index contributed by atoms with van der Waals surface area (Å²) in [5, 5.41) is 3.35. The molecule has 120 valence electrons. The van der Waals surface area contributed by atoms with Gasteiger partial charge in [-0.15, -0.1) is 11.3 Å². The van der Waals surface area contributed by atoms with Gasteiger partial charge in [0.15, 0.2) is 0 Å². The number of nitrogens with one attached hydrogen (secondary N) is 1. The van der Waals surface area contributed by atoms with Crippen LogP contribution in [-0.4, -0.2) is 38.9 Å². The van der Waals surface area contributed by atoms with Crippen molar-refractivity contribution in [1.29, 1.82) is 0 Å². The van der Waals surface area contributed by atoms with Gasteiger partial charge in [0.2, 0.25) is 10.0 Å².